The van der Waals surface area contributed by atoms with Gasteiger partial charge in [-0.2, -0.15) is 26.3 Å². The molecule has 2 atom stereocenters. The van der Waals surface area contributed by atoms with E-state index < -0.39 is 25.6 Å². The topological polar surface area (TPSA) is 50.7 Å². The molecule has 38 heavy (non-hydrogen) atoms. The van der Waals surface area contributed by atoms with Crippen molar-refractivity contribution in [3.05, 3.63) is 47.0 Å². The van der Waals surface area contributed by atoms with Crippen molar-refractivity contribution >= 4 is 0 Å². The molecule has 0 N–H and O–H groups in total. The summed E-state index contributed by atoms with van der Waals surface area (Å²) in [6, 6.07) is 3.35. The van der Waals surface area contributed by atoms with Crippen LogP contribution in [0.3, 0.4) is 0 Å². The zero-order chi connectivity index (χ0) is 27.5. The lowest BCUT2D eigenvalue weighted by atomic mass is 10.0. The maximum absolute atomic E-state index is 12.6. The second kappa shape index (κ2) is 11.6. The van der Waals surface area contributed by atoms with Crippen molar-refractivity contribution in [2.45, 2.75) is 77.1 Å². The van der Waals surface area contributed by atoms with Crippen molar-refractivity contribution in [1.29, 1.82) is 0 Å². The van der Waals surface area contributed by atoms with Crippen molar-refractivity contribution in [1.82, 2.24) is 19.8 Å². The minimum absolute atomic E-state index is 0.180. The Hall–Kier alpha value is -2.60. The fraction of sp³-hybridized carbons (Fsp3) is 0.615. The lowest BCUT2D eigenvalue weighted by Crippen LogP contribution is -2.45. The number of rotatable bonds is 9. The van der Waals surface area contributed by atoms with Crippen molar-refractivity contribution in [2.24, 2.45) is 0 Å². The van der Waals surface area contributed by atoms with Gasteiger partial charge in [-0.15, -0.1) is 0 Å². The normalized spacial score (nSPS) is 21.3. The van der Waals surface area contributed by atoms with Crippen molar-refractivity contribution in [3.8, 4) is 11.5 Å². The summed E-state index contributed by atoms with van der Waals surface area (Å²) in [6.45, 7) is 3.45. The number of likely N-dealkylation sites (tertiary alicyclic amines) is 2. The number of pyridine rings is 2. The first-order valence-electron chi connectivity index (χ1n) is 12.7. The Kier molecular flexibility index (Phi) is 8.71. The van der Waals surface area contributed by atoms with Crippen LogP contribution >= 0.6 is 0 Å². The third-order valence-electron chi connectivity index (χ3n) is 7.28. The molecule has 4 rings (SSSR count). The summed E-state index contributed by atoms with van der Waals surface area (Å²) in [6.07, 6.45) is -1.94. The molecule has 2 aromatic rings. The summed E-state index contributed by atoms with van der Waals surface area (Å²) in [5, 5.41) is 0. The van der Waals surface area contributed by atoms with Crippen LogP contribution in [0.25, 0.3) is 0 Å². The number of alkyl halides is 6. The molecule has 210 valence electrons. The number of halogens is 6. The molecular weight excluding hydrogens is 514 g/mol. The van der Waals surface area contributed by atoms with Crippen molar-refractivity contribution in [2.75, 3.05) is 26.3 Å². The molecule has 2 saturated heterocycles. The minimum Gasteiger partial charge on any atom is -0.484 e. The molecule has 0 spiro atoms. The Morgan fingerprint density at radius 3 is 1.50 bits per heavy atom. The number of aromatic nitrogens is 2. The molecule has 0 bridgehead atoms. The van der Waals surface area contributed by atoms with E-state index in [4.69, 9.17) is 9.47 Å². The highest BCUT2D eigenvalue weighted by molar-refractivity contribution is 5.35. The molecule has 0 aromatic carbocycles. The van der Waals surface area contributed by atoms with Crippen LogP contribution in [-0.4, -0.2) is 70.5 Å². The molecule has 0 aliphatic carbocycles. The summed E-state index contributed by atoms with van der Waals surface area (Å²) in [7, 11) is 0. The number of ether oxygens (including phenoxy) is 2. The highest BCUT2D eigenvalue weighted by Crippen LogP contribution is 2.34. The third kappa shape index (κ3) is 7.28. The number of nitrogens with zero attached hydrogens (tertiary/aromatic N) is 4. The van der Waals surface area contributed by atoms with Gasteiger partial charge in [-0.05, 0) is 64.8 Å². The van der Waals surface area contributed by atoms with Crippen LogP contribution in [0.2, 0.25) is 0 Å². The Bertz CT molecular complexity index is 1010. The summed E-state index contributed by atoms with van der Waals surface area (Å²) in [4.78, 5) is 13.5. The van der Waals surface area contributed by atoms with Crippen LogP contribution in [-0.2, 0) is 13.1 Å². The highest BCUT2D eigenvalue weighted by atomic mass is 19.4. The van der Waals surface area contributed by atoms with Gasteiger partial charge in [0.1, 0.15) is 11.5 Å². The maximum Gasteiger partial charge on any atom is 0.422 e. The van der Waals surface area contributed by atoms with E-state index in [1.165, 1.54) is 24.5 Å². The number of hydrogen-bond acceptors (Lipinski definition) is 6. The lowest BCUT2D eigenvalue weighted by molar-refractivity contribution is -0.154. The molecule has 2 aliphatic rings. The fourth-order valence-electron chi connectivity index (χ4n) is 5.42. The van der Waals surface area contributed by atoms with Crippen molar-refractivity contribution in [3.63, 3.8) is 0 Å². The molecule has 2 unspecified atom stereocenters. The molecular formula is C26H32F6N4O2. The summed E-state index contributed by atoms with van der Waals surface area (Å²) < 4.78 is 85.8. The average Bonchev–Trinajstić information content (AvgIpc) is 3.48. The van der Waals surface area contributed by atoms with Gasteiger partial charge < -0.3 is 9.47 Å². The summed E-state index contributed by atoms with van der Waals surface area (Å²) in [5.41, 5.74) is 2.57. The van der Waals surface area contributed by atoms with E-state index in [2.05, 4.69) is 19.8 Å². The van der Waals surface area contributed by atoms with E-state index in [-0.39, 0.29) is 23.6 Å². The molecule has 4 heterocycles. The van der Waals surface area contributed by atoms with Crippen LogP contribution in [0.4, 0.5) is 26.3 Å². The predicted octanol–water partition coefficient (Wildman–Crippen LogP) is 5.60. The van der Waals surface area contributed by atoms with Crippen molar-refractivity contribution < 1.29 is 35.8 Å². The van der Waals surface area contributed by atoms with E-state index in [1.807, 2.05) is 0 Å². The first-order chi connectivity index (χ1) is 17.9. The zero-order valence-electron chi connectivity index (χ0n) is 21.4. The van der Waals surface area contributed by atoms with Gasteiger partial charge in [-0.3, -0.25) is 19.8 Å². The maximum atomic E-state index is 12.6. The van der Waals surface area contributed by atoms with Gasteiger partial charge in [-0.25, -0.2) is 0 Å². The average molecular weight is 547 g/mol. The molecule has 0 amide bonds. The van der Waals surface area contributed by atoms with Gasteiger partial charge >= 0.3 is 12.4 Å². The summed E-state index contributed by atoms with van der Waals surface area (Å²) >= 11 is 0. The van der Waals surface area contributed by atoms with E-state index in [0.29, 0.717) is 35.6 Å². The second-order valence-electron chi connectivity index (χ2n) is 9.93. The smallest absolute Gasteiger partial charge is 0.422 e. The van der Waals surface area contributed by atoms with Gasteiger partial charge in [0.15, 0.2) is 13.2 Å². The first kappa shape index (κ1) is 28.4. The molecule has 0 radical (unpaired) electrons. The van der Waals surface area contributed by atoms with Gasteiger partial charge in [-0.1, -0.05) is 0 Å². The van der Waals surface area contributed by atoms with Gasteiger partial charge in [0, 0.05) is 48.7 Å². The van der Waals surface area contributed by atoms with Crippen LogP contribution < -0.4 is 9.47 Å². The standard InChI is InChI=1S/C26H32F6N4O2/c1-17-19(33-9-7-23(17)37-15-25(27,28)29)13-35-11-3-5-21(35)22-6-4-12-36(22)14-20-18(2)24(8-10-34-20)38-16-26(30,31)32/h7-10,21-22H,3-6,11-16H2,1-2H3. The van der Waals surface area contributed by atoms with Gasteiger partial charge in [0.25, 0.3) is 0 Å². The largest absolute Gasteiger partial charge is 0.484 e. The first-order valence-corrected chi connectivity index (χ1v) is 12.7. The van der Waals surface area contributed by atoms with Gasteiger partial charge in [0.05, 0.1) is 11.4 Å². The molecule has 2 aliphatic heterocycles. The summed E-state index contributed by atoms with van der Waals surface area (Å²) in [5.74, 6) is 0.361. The van der Waals surface area contributed by atoms with E-state index in [1.54, 1.807) is 13.8 Å². The Morgan fingerprint density at radius 1 is 0.737 bits per heavy atom. The lowest BCUT2D eigenvalue weighted by Gasteiger charge is -2.35. The Morgan fingerprint density at radius 2 is 1.13 bits per heavy atom. The van der Waals surface area contributed by atoms with E-state index >= 15 is 0 Å². The van der Waals surface area contributed by atoms with Crippen LogP contribution in [0, 0.1) is 13.8 Å². The SMILES string of the molecule is Cc1c(OCC(F)(F)F)ccnc1CN1CCCC1C1CCCN1Cc1nccc(OCC(F)(F)F)c1C. The van der Waals surface area contributed by atoms with E-state index in [0.717, 1.165) is 38.8 Å². The Balaban J connectivity index is 1.44. The molecule has 6 nitrogen and oxygen atoms in total. The third-order valence-corrected chi connectivity index (χ3v) is 7.28. The second-order valence-corrected chi connectivity index (χ2v) is 9.93. The highest BCUT2D eigenvalue weighted by Gasteiger charge is 2.38. The quantitative estimate of drug-likeness (QED) is 0.382. The molecule has 12 heteroatoms. The van der Waals surface area contributed by atoms with Crippen LogP contribution in [0.5, 0.6) is 11.5 Å². The molecule has 0 saturated carbocycles. The van der Waals surface area contributed by atoms with E-state index in [9.17, 15) is 26.3 Å². The Labute approximate surface area is 217 Å². The molecule has 2 aromatic heterocycles. The minimum atomic E-state index is -4.42. The number of hydrogen-bond donors (Lipinski definition) is 0. The predicted molar refractivity (Wildman–Crippen MR) is 128 cm³/mol. The van der Waals surface area contributed by atoms with Crippen LogP contribution in [0.15, 0.2) is 24.5 Å². The fourth-order valence-corrected chi connectivity index (χ4v) is 5.42. The monoisotopic (exact) mass is 546 g/mol. The van der Waals surface area contributed by atoms with Crippen LogP contribution in [0.1, 0.15) is 48.2 Å². The molecule has 2 fully saturated rings. The zero-order valence-corrected chi connectivity index (χ0v) is 21.4. The van der Waals surface area contributed by atoms with Gasteiger partial charge in [0.2, 0.25) is 0 Å².